The van der Waals surface area contributed by atoms with E-state index in [1.54, 1.807) is 42.2 Å². The molecule has 0 bridgehead atoms. The molecule has 1 N–H and O–H groups in total. The fourth-order valence-corrected chi connectivity index (χ4v) is 4.40. The van der Waals surface area contributed by atoms with Gasteiger partial charge >= 0.3 is 0 Å². The number of carbonyl (C=O) groups is 1. The molecule has 3 heterocycles. The number of aromatic nitrogens is 4. The van der Waals surface area contributed by atoms with Gasteiger partial charge in [0.05, 0.1) is 24.9 Å². The van der Waals surface area contributed by atoms with Gasteiger partial charge in [-0.3, -0.25) is 14.4 Å². The summed E-state index contributed by atoms with van der Waals surface area (Å²) < 4.78 is 22.2. The van der Waals surface area contributed by atoms with Crippen molar-refractivity contribution in [2.45, 2.75) is 18.9 Å². The number of halogens is 1. The monoisotopic (exact) mass is 460 g/mol. The molecule has 1 aliphatic heterocycles. The van der Waals surface area contributed by atoms with Gasteiger partial charge in [0, 0.05) is 30.7 Å². The summed E-state index contributed by atoms with van der Waals surface area (Å²) in [4.78, 5) is 20.1. The topological polar surface area (TPSA) is 85.2 Å². The molecule has 1 fully saturated rings. The summed E-state index contributed by atoms with van der Waals surface area (Å²) >= 11 is 0. The van der Waals surface area contributed by atoms with E-state index in [1.807, 2.05) is 24.3 Å². The average molecular weight is 461 g/mol. The number of rotatable bonds is 5. The van der Waals surface area contributed by atoms with Crippen molar-refractivity contribution in [3.05, 3.63) is 66.2 Å². The van der Waals surface area contributed by atoms with Crippen molar-refractivity contribution < 1.29 is 13.9 Å². The highest BCUT2D eigenvalue weighted by Gasteiger charge is 2.31. The molecule has 0 aliphatic carbocycles. The van der Waals surface area contributed by atoms with Crippen molar-refractivity contribution in [3.63, 3.8) is 0 Å². The van der Waals surface area contributed by atoms with E-state index in [9.17, 15) is 4.79 Å². The number of methoxy groups -OCH3 is 1. The van der Waals surface area contributed by atoms with Gasteiger partial charge in [-0.05, 0) is 61.2 Å². The maximum atomic E-state index is 15.3. The first-order valence-corrected chi connectivity index (χ1v) is 11.2. The number of nitrogens with one attached hydrogen (secondary N) is 1. The molecule has 0 unspecified atom stereocenters. The Bertz CT molecular complexity index is 1350. The second-order valence-electron chi connectivity index (χ2n) is 8.37. The highest BCUT2D eigenvalue weighted by atomic mass is 19.1. The molecule has 1 atom stereocenters. The van der Waals surface area contributed by atoms with Gasteiger partial charge in [0.15, 0.2) is 0 Å². The van der Waals surface area contributed by atoms with Crippen LogP contribution in [0.1, 0.15) is 23.2 Å². The van der Waals surface area contributed by atoms with Gasteiger partial charge in [-0.1, -0.05) is 11.3 Å². The highest BCUT2D eigenvalue weighted by Crippen LogP contribution is 2.32. The van der Waals surface area contributed by atoms with Crippen LogP contribution in [0.25, 0.3) is 22.0 Å². The van der Waals surface area contributed by atoms with E-state index in [2.05, 4.69) is 20.6 Å². The molecule has 0 saturated carbocycles. The minimum atomic E-state index is -0.608. The van der Waals surface area contributed by atoms with Gasteiger partial charge in [-0.15, -0.1) is 5.10 Å². The largest absolute Gasteiger partial charge is 0.497 e. The SMILES string of the molecule is COc1ccc2c(N(C(=O)c3ccc(-c4cn(C)nn4)cc3F)[C@@H]3CCCNC3)nccc2c1. The number of hydrogen-bond donors (Lipinski definition) is 1. The molecular weight excluding hydrogens is 435 g/mol. The zero-order valence-corrected chi connectivity index (χ0v) is 19.0. The Morgan fingerprint density at radius 3 is 2.82 bits per heavy atom. The lowest BCUT2D eigenvalue weighted by atomic mass is 10.0. The van der Waals surface area contributed by atoms with Gasteiger partial charge in [0.1, 0.15) is 23.1 Å². The van der Waals surface area contributed by atoms with E-state index >= 15 is 4.39 Å². The van der Waals surface area contributed by atoms with E-state index in [1.165, 1.54) is 12.1 Å². The number of hydrogen-bond acceptors (Lipinski definition) is 6. The third kappa shape index (κ3) is 4.10. The summed E-state index contributed by atoms with van der Waals surface area (Å²) in [6, 6.07) is 11.9. The smallest absolute Gasteiger partial charge is 0.262 e. The summed E-state index contributed by atoms with van der Waals surface area (Å²) in [7, 11) is 3.36. The van der Waals surface area contributed by atoms with Gasteiger partial charge in [0.2, 0.25) is 0 Å². The molecule has 1 amide bonds. The summed E-state index contributed by atoms with van der Waals surface area (Å²) in [5.41, 5.74) is 1.09. The minimum absolute atomic E-state index is 0.00877. The summed E-state index contributed by atoms with van der Waals surface area (Å²) in [6.45, 7) is 1.50. The fourth-order valence-electron chi connectivity index (χ4n) is 4.40. The Hall–Kier alpha value is -3.85. The van der Waals surface area contributed by atoms with E-state index in [0.717, 1.165) is 30.2 Å². The Kier molecular flexibility index (Phi) is 5.93. The quantitative estimate of drug-likeness (QED) is 0.490. The number of amides is 1. The second kappa shape index (κ2) is 9.18. The lowest BCUT2D eigenvalue weighted by molar-refractivity contribution is 0.0968. The van der Waals surface area contributed by atoms with E-state index in [4.69, 9.17) is 4.74 Å². The van der Waals surface area contributed by atoms with Crippen LogP contribution in [0.2, 0.25) is 0 Å². The van der Waals surface area contributed by atoms with E-state index < -0.39 is 11.7 Å². The highest BCUT2D eigenvalue weighted by molar-refractivity contribution is 6.10. The van der Waals surface area contributed by atoms with Gasteiger partial charge in [-0.2, -0.15) is 0 Å². The van der Waals surface area contributed by atoms with Crippen LogP contribution in [-0.4, -0.2) is 52.1 Å². The summed E-state index contributed by atoms with van der Waals surface area (Å²) in [5.74, 6) is 0.195. The number of nitrogens with zero attached hydrogens (tertiary/aromatic N) is 5. The van der Waals surface area contributed by atoms with Crippen molar-refractivity contribution in [1.82, 2.24) is 25.3 Å². The molecule has 2 aromatic carbocycles. The predicted molar refractivity (Wildman–Crippen MR) is 127 cm³/mol. The molecule has 1 saturated heterocycles. The maximum absolute atomic E-state index is 15.3. The molecule has 1 aliphatic rings. The van der Waals surface area contributed by atoms with Gasteiger partial charge in [0.25, 0.3) is 5.91 Å². The third-order valence-corrected chi connectivity index (χ3v) is 6.13. The van der Waals surface area contributed by atoms with E-state index in [-0.39, 0.29) is 11.6 Å². The molecule has 5 rings (SSSR count). The first kappa shape index (κ1) is 22.0. The zero-order valence-electron chi connectivity index (χ0n) is 19.0. The number of benzene rings is 2. The normalized spacial score (nSPS) is 15.9. The standard InChI is InChI=1S/C25H25FN6O2/c1-31-15-23(29-30-31)17-5-7-21(22(26)13-17)25(33)32(18-4-3-10-27-14-18)24-20-8-6-19(34-2)12-16(20)9-11-28-24/h5-9,11-13,15,18,27H,3-4,10,14H2,1-2H3/t18-/m1/s1. The second-order valence-corrected chi connectivity index (χ2v) is 8.37. The molecule has 9 heteroatoms. The number of carbonyl (C=O) groups excluding carboxylic acids is 1. The molecular formula is C25H25FN6O2. The van der Waals surface area contributed by atoms with Gasteiger partial charge in [-0.25, -0.2) is 9.37 Å². The summed E-state index contributed by atoms with van der Waals surface area (Å²) in [5, 5.41) is 13.0. The van der Waals surface area contributed by atoms with Crippen LogP contribution in [0, 0.1) is 5.82 Å². The Morgan fingerprint density at radius 1 is 1.24 bits per heavy atom. The van der Waals surface area contributed by atoms with Crippen molar-refractivity contribution >= 4 is 22.5 Å². The Balaban J connectivity index is 1.58. The lowest BCUT2D eigenvalue weighted by Gasteiger charge is -2.34. The van der Waals surface area contributed by atoms with Crippen LogP contribution >= 0.6 is 0 Å². The number of aryl methyl sites for hydroxylation is 1. The number of anilines is 1. The van der Waals surface area contributed by atoms with Crippen LogP contribution in [0.5, 0.6) is 5.75 Å². The van der Waals surface area contributed by atoms with Crippen molar-refractivity contribution in [2.24, 2.45) is 7.05 Å². The Morgan fingerprint density at radius 2 is 2.12 bits per heavy atom. The molecule has 174 valence electrons. The first-order chi connectivity index (χ1) is 16.5. The minimum Gasteiger partial charge on any atom is -0.497 e. The molecule has 0 radical (unpaired) electrons. The molecule has 2 aromatic heterocycles. The van der Waals surface area contributed by atoms with Crippen LogP contribution in [0.4, 0.5) is 10.2 Å². The van der Waals surface area contributed by atoms with Crippen LogP contribution in [-0.2, 0) is 7.05 Å². The molecule has 34 heavy (non-hydrogen) atoms. The fraction of sp³-hybridized carbons (Fsp3) is 0.280. The predicted octanol–water partition coefficient (Wildman–Crippen LogP) is 3.58. The zero-order chi connectivity index (χ0) is 23.7. The molecule has 8 nitrogen and oxygen atoms in total. The Labute approximate surface area is 196 Å². The van der Waals surface area contributed by atoms with Gasteiger partial charge < -0.3 is 10.1 Å². The van der Waals surface area contributed by atoms with E-state index in [0.29, 0.717) is 29.4 Å². The number of fused-ring (bicyclic) bond motifs is 1. The van der Waals surface area contributed by atoms with Crippen molar-refractivity contribution in [1.29, 1.82) is 0 Å². The van der Waals surface area contributed by atoms with Crippen molar-refractivity contribution in [3.8, 4) is 17.0 Å². The lowest BCUT2D eigenvalue weighted by Crippen LogP contribution is -2.49. The molecule has 4 aromatic rings. The van der Waals surface area contributed by atoms with Crippen molar-refractivity contribution in [2.75, 3.05) is 25.1 Å². The third-order valence-electron chi connectivity index (χ3n) is 6.13. The van der Waals surface area contributed by atoms with Crippen LogP contribution < -0.4 is 15.0 Å². The first-order valence-electron chi connectivity index (χ1n) is 11.2. The van der Waals surface area contributed by atoms with Crippen LogP contribution in [0.3, 0.4) is 0 Å². The summed E-state index contributed by atoms with van der Waals surface area (Å²) in [6.07, 6.45) is 5.08. The maximum Gasteiger partial charge on any atom is 0.262 e. The number of pyridine rings is 1. The molecule has 0 spiro atoms. The number of piperidine rings is 1. The number of ether oxygens (including phenoxy) is 1. The average Bonchev–Trinajstić information content (AvgIpc) is 3.30. The van der Waals surface area contributed by atoms with Crippen LogP contribution in [0.15, 0.2) is 54.9 Å².